The van der Waals surface area contributed by atoms with Crippen LogP contribution >= 0.6 is 0 Å². The Labute approximate surface area is 186 Å². The summed E-state index contributed by atoms with van der Waals surface area (Å²) >= 11 is 0. The molecule has 0 spiro atoms. The Bertz CT molecular complexity index is 905. The van der Waals surface area contributed by atoms with Gasteiger partial charge in [-0.3, -0.25) is 9.59 Å². The largest absolute Gasteiger partial charge is 0.312 e. The van der Waals surface area contributed by atoms with Crippen molar-refractivity contribution in [3.05, 3.63) is 64.7 Å². The molecule has 0 N–H and O–H groups in total. The van der Waals surface area contributed by atoms with Gasteiger partial charge in [0.2, 0.25) is 5.91 Å². The molecular weight excluding hydrogens is 384 g/mol. The Kier molecular flexibility index (Phi) is 7.18. The summed E-state index contributed by atoms with van der Waals surface area (Å²) in [6.07, 6.45) is 8.18. The average molecular weight is 419 g/mol. The molecule has 0 saturated heterocycles. The Morgan fingerprint density at radius 2 is 1.74 bits per heavy atom. The number of unbranched alkanes of at least 4 members (excludes halogenated alkanes) is 2. The normalized spacial score (nSPS) is 15.3. The van der Waals surface area contributed by atoms with Crippen LogP contribution in [0.25, 0.3) is 0 Å². The minimum absolute atomic E-state index is 0.237. The highest BCUT2D eigenvalue weighted by Crippen LogP contribution is 2.36. The molecule has 4 heteroatoms. The lowest BCUT2D eigenvalue weighted by Crippen LogP contribution is -2.39. The second kappa shape index (κ2) is 10.2. The molecule has 4 nitrogen and oxygen atoms in total. The van der Waals surface area contributed by atoms with Gasteiger partial charge in [-0.2, -0.15) is 0 Å². The van der Waals surface area contributed by atoms with E-state index < -0.39 is 0 Å². The van der Waals surface area contributed by atoms with Gasteiger partial charge in [-0.1, -0.05) is 36.8 Å². The number of benzene rings is 2. The number of amides is 1. The van der Waals surface area contributed by atoms with Crippen molar-refractivity contribution in [3.8, 4) is 0 Å². The first-order valence-electron chi connectivity index (χ1n) is 11.8. The maximum absolute atomic E-state index is 12.8. The number of ketones is 1. The van der Waals surface area contributed by atoms with Gasteiger partial charge in [0.25, 0.3) is 0 Å². The lowest BCUT2D eigenvalue weighted by atomic mass is 9.88. The topological polar surface area (TPSA) is 40.6 Å². The molecule has 0 bridgehead atoms. The number of carbonyl (C=O) groups is 2. The Morgan fingerprint density at radius 1 is 0.968 bits per heavy atom. The zero-order valence-corrected chi connectivity index (χ0v) is 18.7. The third kappa shape index (κ3) is 5.43. The monoisotopic (exact) mass is 418 g/mol. The van der Waals surface area contributed by atoms with Gasteiger partial charge in [-0.25, -0.2) is 0 Å². The number of likely N-dealkylation sites (N-methyl/N-ethyl adjacent to an activating group) is 1. The quantitative estimate of drug-likeness (QED) is 0.410. The van der Waals surface area contributed by atoms with E-state index in [1.54, 1.807) is 0 Å². The summed E-state index contributed by atoms with van der Waals surface area (Å²) in [5.41, 5.74) is 5.74. The summed E-state index contributed by atoms with van der Waals surface area (Å²) in [6.45, 7) is 2.97. The number of carbonyl (C=O) groups excluding carboxylic acids is 2. The molecule has 1 amide bonds. The SMILES string of the molecule is CN(CCCCCC(=O)c1cc2c3c(c1)CCC(=O)N3CCC2)CCc1ccccc1. The van der Waals surface area contributed by atoms with Gasteiger partial charge < -0.3 is 9.80 Å². The van der Waals surface area contributed by atoms with Gasteiger partial charge in [0.15, 0.2) is 5.78 Å². The van der Waals surface area contributed by atoms with E-state index in [1.807, 2.05) is 4.90 Å². The molecule has 0 saturated carbocycles. The first-order chi connectivity index (χ1) is 15.1. The van der Waals surface area contributed by atoms with Crippen LogP contribution in [0.5, 0.6) is 0 Å². The number of rotatable bonds is 10. The van der Waals surface area contributed by atoms with Crippen molar-refractivity contribution < 1.29 is 9.59 Å². The number of aryl methyl sites for hydroxylation is 2. The molecule has 2 heterocycles. The maximum Gasteiger partial charge on any atom is 0.227 e. The maximum atomic E-state index is 12.8. The summed E-state index contributed by atoms with van der Waals surface area (Å²) < 4.78 is 0. The van der Waals surface area contributed by atoms with Crippen LogP contribution in [-0.4, -0.2) is 43.3 Å². The summed E-state index contributed by atoms with van der Waals surface area (Å²) in [7, 11) is 2.18. The first-order valence-corrected chi connectivity index (χ1v) is 11.8. The van der Waals surface area contributed by atoms with Crippen molar-refractivity contribution in [2.45, 2.75) is 57.8 Å². The van der Waals surface area contributed by atoms with Crippen molar-refractivity contribution in [2.75, 3.05) is 31.6 Å². The van der Waals surface area contributed by atoms with Crippen molar-refractivity contribution in [1.29, 1.82) is 0 Å². The molecule has 2 aromatic carbocycles. The van der Waals surface area contributed by atoms with E-state index >= 15 is 0 Å². The first kappa shape index (κ1) is 21.8. The Morgan fingerprint density at radius 3 is 2.55 bits per heavy atom. The molecule has 0 fully saturated rings. The predicted octanol–water partition coefficient (Wildman–Crippen LogP) is 4.83. The van der Waals surface area contributed by atoms with E-state index in [1.165, 1.54) is 16.7 Å². The molecule has 164 valence electrons. The van der Waals surface area contributed by atoms with Crippen molar-refractivity contribution in [2.24, 2.45) is 0 Å². The van der Waals surface area contributed by atoms with E-state index in [2.05, 4.69) is 54.4 Å². The van der Waals surface area contributed by atoms with E-state index in [-0.39, 0.29) is 11.7 Å². The van der Waals surface area contributed by atoms with Crippen LogP contribution in [0.2, 0.25) is 0 Å². The summed E-state index contributed by atoms with van der Waals surface area (Å²) in [4.78, 5) is 29.4. The summed E-state index contributed by atoms with van der Waals surface area (Å²) in [5, 5.41) is 0. The summed E-state index contributed by atoms with van der Waals surface area (Å²) in [6, 6.07) is 14.7. The molecule has 0 aliphatic carbocycles. The van der Waals surface area contributed by atoms with E-state index in [0.29, 0.717) is 12.8 Å². The zero-order valence-electron chi connectivity index (χ0n) is 18.7. The van der Waals surface area contributed by atoms with Gasteiger partial charge in [-0.05, 0) is 80.9 Å². The fourth-order valence-electron chi connectivity index (χ4n) is 4.88. The van der Waals surface area contributed by atoms with Crippen LogP contribution in [0.1, 0.15) is 65.6 Å². The highest BCUT2D eigenvalue weighted by atomic mass is 16.2. The predicted molar refractivity (Wildman–Crippen MR) is 126 cm³/mol. The second-order valence-electron chi connectivity index (χ2n) is 9.06. The van der Waals surface area contributed by atoms with Gasteiger partial charge in [0.1, 0.15) is 0 Å². The van der Waals surface area contributed by atoms with Crippen LogP contribution in [0, 0.1) is 0 Å². The van der Waals surface area contributed by atoms with Crippen molar-refractivity contribution in [3.63, 3.8) is 0 Å². The van der Waals surface area contributed by atoms with Gasteiger partial charge >= 0.3 is 0 Å². The third-order valence-electron chi connectivity index (χ3n) is 6.67. The van der Waals surface area contributed by atoms with Crippen LogP contribution in [-0.2, 0) is 24.1 Å². The molecule has 0 radical (unpaired) electrons. The Balaban J connectivity index is 1.21. The van der Waals surface area contributed by atoms with Crippen LogP contribution in [0.15, 0.2) is 42.5 Å². The fraction of sp³-hybridized carbons (Fsp3) is 0.481. The Hall–Kier alpha value is -2.46. The zero-order chi connectivity index (χ0) is 21.6. The molecule has 2 aliphatic heterocycles. The molecule has 4 rings (SSSR count). The lowest BCUT2D eigenvalue weighted by Gasteiger charge is -2.35. The number of hydrogen-bond acceptors (Lipinski definition) is 3. The van der Waals surface area contributed by atoms with Gasteiger partial charge in [0.05, 0.1) is 5.69 Å². The highest BCUT2D eigenvalue weighted by Gasteiger charge is 2.30. The third-order valence-corrected chi connectivity index (χ3v) is 6.67. The second-order valence-corrected chi connectivity index (χ2v) is 9.06. The smallest absolute Gasteiger partial charge is 0.227 e. The number of hydrogen-bond donors (Lipinski definition) is 0. The number of Topliss-reactive ketones (excluding diaryl/α,β-unsaturated/α-hetero) is 1. The molecular formula is C27H34N2O2. The van der Waals surface area contributed by atoms with Crippen LogP contribution < -0.4 is 4.90 Å². The van der Waals surface area contributed by atoms with Gasteiger partial charge in [-0.15, -0.1) is 0 Å². The number of nitrogens with zero attached hydrogens (tertiary/aromatic N) is 2. The van der Waals surface area contributed by atoms with Crippen LogP contribution in [0.4, 0.5) is 5.69 Å². The van der Waals surface area contributed by atoms with Crippen molar-refractivity contribution in [1.82, 2.24) is 4.90 Å². The molecule has 31 heavy (non-hydrogen) atoms. The van der Waals surface area contributed by atoms with Crippen molar-refractivity contribution >= 4 is 17.4 Å². The van der Waals surface area contributed by atoms with E-state index in [4.69, 9.17) is 0 Å². The van der Waals surface area contributed by atoms with E-state index in [9.17, 15) is 9.59 Å². The summed E-state index contributed by atoms with van der Waals surface area (Å²) in [5.74, 6) is 0.492. The standard InChI is InChI=1S/C27H34N2O2/c1-28(18-15-21-9-4-2-5-10-21)16-7-3-6-12-25(30)24-19-22-11-8-17-29-26(31)14-13-23(20-24)27(22)29/h2,4-5,9-10,19-20H,3,6-8,11-18H2,1H3. The minimum atomic E-state index is 0.237. The average Bonchev–Trinajstić information content (AvgIpc) is 2.80. The van der Waals surface area contributed by atoms with Gasteiger partial charge in [0, 0.05) is 31.5 Å². The lowest BCUT2D eigenvalue weighted by molar-refractivity contribution is -0.119. The number of anilines is 1. The van der Waals surface area contributed by atoms with Crippen LogP contribution in [0.3, 0.4) is 0 Å². The van der Waals surface area contributed by atoms with E-state index in [0.717, 1.165) is 75.8 Å². The minimum Gasteiger partial charge on any atom is -0.312 e. The molecule has 2 aromatic rings. The molecule has 2 aliphatic rings. The molecule has 0 aromatic heterocycles. The highest BCUT2D eigenvalue weighted by molar-refractivity contribution is 6.01. The molecule has 0 atom stereocenters. The molecule has 0 unspecified atom stereocenters. The fourth-order valence-corrected chi connectivity index (χ4v) is 4.88.